The molecule has 0 aromatic heterocycles. The molecule has 0 saturated heterocycles. The Kier molecular flexibility index (Phi) is 6.46. The first-order valence-corrected chi connectivity index (χ1v) is 6.70. The van der Waals surface area contributed by atoms with E-state index in [9.17, 15) is 4.79 Å². The van der Waals surface area contributed by atoms with E-state index in [4.69, 9.17) is 5.11 Å². The van der Waals surface area contributed by atoms with Gasteiger partial charge in [-0.05, 0) is 31.7 Å². The highest BCUT2D eigenvalue weighted by Gasteiger charge is 2.18. The lowest BCUT2D eigenvalue weighted by Crippen LogP contribution is -2.39. The molecule has 1 fully saturated rings. The Morgan fingerprint density at radius 3 is 2.44 bits per heavy atom. The van der Waals surface area contributed by atoms with Gasteiger partial charge in [0, 0.05) is 0 Å². The summed E-state index contributed by atoms with van der Waals surface area (Å²) in [5, 5.41) is 12.2. The number of carboxylic acid groups (broad SMARTS) is 1. The summed E-state index contributed by atoms with van der Waals surface area (Å²) in [6.07, 6.45) is 9.55. The fraction of sp³-hybridized carbons (Fsp3) is 0.923. The van der Waals surface area contributed by atoms with Crippen molar-refractivity contribution in [2.45, 2.75) is 64.3 Å². The van der Waals surface area contributed by atoms with E-state index >= 15 is 0 Å². The molecule has 1 aliphatic carbocycles. The van der Waals surface area contributed by atoms with Gasteiger partial charge in [-0.1, -0.05) is 39.0 Å². The Balaban J connectivity index is 2.26. The van der Waals surface area contributed by atoms with Gasteiger partial charge in [-0.3, -0.25) is 4.79 Å². The molecule has 0 amide bonds. The number of hydrogen-bond donors (Lipinski definition) is 2. The predicted octanol–water partition coefficient (Wildman–Crippen LogP) is 2.80. The molecule has 0 heterocycles. The van der Waals surface area contributed by atoms with Crippen molar-refractivity contribution in [3.63, 3.8) is 0 Å². The molecule has 16 heavy (non-hydrogen) atoms. The molecule has 0 radical (unpaired) electrons. The van der Waals surface area contributed by atoms with Crippen LogP contribution in [0.15, 0.2) is 0 Å². The van der Waals surface area contributed by atoms with Crippen molar-refractivity contribution < 1.29 is 9.90 Å². The summed E-state index contributed by atoms with van der Waals surface area (Å²) in [5.41, 5.74) is 0. The Morgan fingerprint density at radius 2 is 1.94 bits per heavy atom. The van der Waals surface area contributed by atoms with Gasteiger partial charge in [0.1, 0.15) is 6.04 Å². The van der Waals surface area contributed by atoms with Gasteiger partial charge >= 0.3 is 5.97 Å². The fourth-order valence-electron chi connectivity index (χ4n) is 2.48. The van der Waals surface area contributed by atoms with Crippen LogP contribution in [0.4, 0.5) is 0 Å². The number of rotatable bonds is 6. The first kappa shape index (κ1) is 13.5. The highest BCUT2D eigenvalue weighted by molar-refractivity contribution is 5.73. The largest absolute Gasteiger partial charge is 0.480 e. The lowest BCUT2D eigenvalue weighted by molar-refractivity contribution is -0.139. The molecule has 1 saturated carbocycles. The van der Waals surface area contributed by atoms with E-state index in [1.54, 1.807) is 0 Å². The van der Waals surface area contributed by atoms with Crippen molar-refractivity contribution in [3.05, 3.63) is 0 Å². The van der Waals surface area contributed by atoms with Crippen molar-refractivity contribution in [1.82, 2.24) is 5.32 Å². The summed E-state index contributed by atoms with van der Waals surface area (Å²) in [7, 11) is 0. The third kappa shape index (κ3) is 4.97. The summed E-state index contributed by atoms with van der Waals surface area (Å²) >= 11 is 0. The minimum atomic E-state index is -0.699. The normalized spacial score (nSPS) is 20.3. The molecule has 94 valence electrons. The van der Waals surface area contributed by atoms with Gasteiger partial charge in [0.05, 0.1) is 0 Å². The molecule has 0 spiro atoms. The number of aliphatic carboxylic acids is 1. The van der Waals surface area contributed by atoms with E-state index in [1.807, 2.05) is 6.92 Å². The smallest absolute Gasteiger partial charge is 0.320 e. The van der Waals surface area contributed by atoms with Crippen LogP contribution in [0, 0.1) is 5.92 Å². The Bertz CT molecular complexity index is 198. The van der Waals surface area contributed by atoms with E-state index in [2.05, 4.69) is 5.32 Å². The summed E-state index contributed by atoms with van der Waals surface area (Å²) in [5.74, 6) is -0.00308. The second-order valence-electron chi connectivity index (χ2n) is 4.95. The van der Waals surface area contributed by atoms with E-state index in [0.717, 1.165) is 19.4 Å². The third-order valence-electron chi connectivity index (χ3n) is 3.50. The summed E-state index contributed by atoms with van der Waals surface area (Å²) in [4.78, 5) is 11.0. The topological polar surface area (TPSA) is 49.3 Å². The Hall–Kier alpha value is -0.570. The molecule has 0 bridgehead atoms. The van der Waals surface area contributed by atoms with Crippen molar-refractivity contribution in [2.24, 2.45) is 5.92 Å². The van der Waals surface area contributed by atoms with E-state index in [1.165, 1.54) is 38.5 Å². The maximum Gasteiger partial charge on any atom is 0.320 e. The molecule has 1 rings (SSSR count). The van der Waals surface area contributed by atoms with Crippen LogP contribution >= 0.6 is 0 Å². The molecule has 1 aliphatic rings. The zero-order valence-electron chi connectivity index (χ0n) is 10.4. The molecule has 0 aromatic carbocycles. The summed E-state index contributed by atoms with van der Waals surface area (Å²) in [6.45, 7) is 2.92. The van der Waals surface area contributed by atoms with Gasteiger partial charge in [-0.2, -0.15) is 0 Å². The third-order valence-corrected chi connectivity index (χ3v) is 3.50. The van der Waals surface area contributed by atoms with Crippen LogP contribution in [0.2, 0.25) is 0 Å². The van der Waals surface area contributed by atoms with Crippen molar-refractivity contribution in [1.29, 1.82) is 0 Å². The Morgan fingerprint density at radius 1 is 1.31 bits per heavy atom. The zero-order chi connectivity index (χ0) is 11.8. The summed E-state index contributed by atoms with van der Waals surface area (Å²) in [6, 6.07) is -0.340. The quantitative estimate of drug-likeness (QED) is 0.686. The van der Waals surface area contributed by atoms with Crippen molar-refractivity contribution >= 4 is 5.97 Å². The molecule has 1 unspecified atom stereocenters. The first-order chi connectivity index (χ1) is 7.74. The molecule has 2 N–H and O–H groups in total. The van der Waals surface area contributed by atoms with Gasteiger partial charge in [0.2, 0.25) is 0 Å². The highest BCUT2D eigenvalue weighted by atomic mass is 16.4. The zero-order valence-corrected chi connectivity index (χ0v) is 10.4. The minimum Gasteiger partial charge on any atom is -0.480 e. The van der Waals surface area contributed by atoms with Crippen LogP contribution in [-0.4, -0.2) is 23.7 Å². The highest BCUT2D eigenvalue weighted by Crippen LogP contribution is 2.22. The number of carboxylic acids is 1. The molecular weight excluding hydrogens is 202 g/mol. The minimum absolute atomic E-state index is 0.340. The van der Waals surface area contributed by atoms with Crippen LogP contribution in [0.25, 0.3) is 0 Å². The van der Waals surface area contributed by atoms with Gasteiger partial charge in [-0.15, -0.1) is 0 Å². The molecule has 3 nitrogen and oxygen atoms in total. The second kappa shape index (κ2) is 7.66. The lowest BCUT2D eigenvalue weighted by atomic mass is 10.00. The number of hydrogen-bond acceptors (Lipinski definition) is 2. The molecule has 3 heteroatoms. The number of carbonyl (C=O) groups is 1. The van der Waals surface area contributed by atoms with E-state index < -0.39 is 5.97 Å². The molecular formula is C13H25NO2. The standard InChI is InChI=1S/C13H25NO2/c1-2-7-12(13(15)16)14-10-11-8-5-3-4-6-9-11/h11-12,14H,2-10H2,1H3,(H,15,16). The van der Waals surface area contributed by atoms with Crippen LogP contribution in [0.1, 0.15) is 58.3 Å². The van der Waals surface area contributed by atoms with Gasteiger partial charge < -0.3 is 10.4 Å². The van der Waals surface area contributed by atoms with E-state index in [0.29, 0.717) is 5.92 Å². The van der Waals surface area contributed by atoms with Crippen LogP contribution in [0.3, 0.4) is 0 Å². The SMILES string of the molecule is CCCC(NCC1CCCCCC1)C(=O)O. The fourth-order valence-corrected chi connectivity index (χ4v) is 2.48. The molecule has 1 atom stereocenters. The van der Waals surface area contributed by atoms with Crippen molar-refractivity contribution in [3.8, 4) is 0 Å². The van der Waals surface area contributed by atoms with Crippen LogP contribution in [-0.2, 0) is 4.79 Å². The van der Waals surface area contributed by atoms with Gasteiger partial charge in [0.25, 0.3) is 0 Å². The molecule has 0 aliphatic heterocycles. The lowest BCUT2D eigenvalue weighted by Gasteiger charge is -2.19. The number of nitrogens with one attached hydrogen (secondary N) is 1. The maximum absolute atomic E-state index is 11.0. The van der Waals surface area contributed by atoms with Crippen LogP contribution in [0.5, 0.6) is 0 Å². The van der Waals surface area contributed by atoms with Crippen molar-refractivity contribution in [2.75, 3.05) is 6.54 Å². The monoisotopic (exact) mass is 227 g/mol. The first-order valence-electron chi connectivity index (χ1n) is 6.70. The summed E-state index contributed by atoms with van der Waals surface area (Å²) < 4.78 is 0. The average Bonchev–Trinajstić information content (AvgIpc) is 2.52. The predicted molar refractivity (Wildman–Crippen MR) is 65.5 cm³/mol. The van der Waals surface area contributed by atoms with Gasteiger partial charge in [0.15, 0.2) is 0 Å². The Labute approximate surface area is 98.6 Å². The van der Waals surface area contributed by atoms with Crippen LogP contribution < -0.4 is 5.32 Å². The van der Waals surface area contributed by atoms with Gasteiger partial charge in [-0.25, -0.2) is 0 Å². The van der Waals surface area contributed by atoms with E-state index in [-0.39, 0.29) is 6.04 Å². The average molecular weight is 227 g/mol. The molecule has 0 aromatic rings. The maximum atomic E-state index is 11.0. The second-order valence-corrected chi connectivity index (χ2v) is 4.95.